The van der Waals surface area contributed by atoms with Gasteiger partial charge < -0.3 is 4.90 Å². The Kier molecular flexibility index (Phi) is 5.88. The number of para-hydroxylation sites is 1. The molecule has 0 spiro atoms. The largest absolute Gasteiger partial charge is 0.334 e. The van der Waals surface area contributed by atoms with Crippen molar-refractivity contribution >= 4 is 67.5 Å². The number of thioether (sulfide) groups is 2. The van der Waals surface area contributed by atoms with Gasteiger partial charge in [0.05, 0.1) is 33.1 Å². The molecule has 8 heteroatoms. The number of aromatic nitrogens is 1. The topological polar surface area (TPSA) is 48.8 Å². The van der Waals surface area contributed by atoms with Crippen LogP contribution in [0, 0.1) is 6.92 Å². The summed E-state index contributed by atoms with van der Waals surface area (Å²) in [6.07, 6.45) is 0. The average Bonchev–Trinajstić information content (AvgIpc) is 3.52. The van der Waals surface area contributed by atoms with Gasteiger partial charge in [0.25, 0.3) is 5.91 Å². The summed E-state index contributed by atoms with van der Waals surface area (Å²) in [7, 11) is 0. The van der Waals surface area contributed by atoms with Crippen molar-refractivity contribution in [2.75, 3.05) is 11.4 Å². The molecule has 174 valence electrons. The summed E-state index contributed by atoms with van der Waals surface area (Å²) in [4.78, 5) is 29.3. The predicted octanol–water partition coefficient (Wildman–Crippen LogP) is 7.17. The maximum absolute atomic E-state index is 13.8. The minimum Gasteiger partial charge on any atom is -0.334 e. The number of aryl methyl sites for hydroxylation is 1. The minimum absolute atomic E-state index is 0.00283. The van der Waals surface area contributed by atoms with E-state index in [9.17, 15) is 4.79 Å². The van der Waals surface area contributed by atoms with Gasteiger partial charge in [-0.2, -0.15) is 0 Å². The zero-order valence-corrected chi connectivity index (χ0v) is 21.7. The second-order valence-corrected chi connectivity index (χ2v) is 11.4. The van der Waals surface area contributed by atoms with Crippen LogP contribution in [0.15, 0.2) is 92.6 Å². The van der Waals surface area contributed by atoms with E-state index in [0.29, 0.717) is 11.7 Å². The molecule has 5 nitrogen and oxygen atoms in total. The van der Waals surface area contributed by atoms with Gasteiger partial charge in [0.2, 0.25) is 0 Å². The SMILES string of the molecule is CCN1C(=C2SC(=Nc3ccc4sc(C)nc4c3)N(Cc3ccccc3)C2=O)Sc2ccccc21. The molecular formula is C27H22N4OS3. The molecule has 3 aromatic carbocycles. The van der Waals surface area contributed by atoms with Crippen LogP contribution in [0.25, 0.3) is 10.2 Å². The van der Waals surface area contributed by atoms with Crippen LogP contribution in [-0.4, -0.2) is 27.5 Å². The van der Waals surface area contributed by atoms with Crippen LogP contribution >= 0.6 is 34.9 Å². The lowest BCUT2D eigenvalue weighted by Crippen LogP contribution is -2.29. The van der Waals surface area contributed by atoms with E-state index < -0.39 is 0 Å². The molecule has 3 heterocycles. The Bertz CT molecular complexity index is 1510. The number of nitrogens with zero attached hydrogens (tertiary/aromatic N) is 4. The van der Waals surface area contributed by atoms with Crippen LogP contribution in [-0.2, 0) is 11.3 Å². The van der Waals surface area contributed by atoms with E-state index in [1.807, 2.05) is 61.5 Å². The second-order valence-electron chi connectivity index (χ2n) is 8.21. The van der Waals surface area contributed by atoms with E-state index in [0.717, 1.165) is 48.6 Å². The molecule has 4 aromatic rings. The summed E-state index contributed by atoms with van der Waals surface area (Å²) in [6, 6.07) is 24.5. The number of thiazole rings is 1. The Hall–Kier alpha value is -3.07. The molecule has 0 bridgehead atoms. The summed E-state index contributed by atoms with van der Waals surface area (Å²) in [5.41, 5.74) is 3.97. The van der Waals surface area contributed by atoms with Crippen LogP contribution < -0.4 is 4.90 Å². The van der Waals surface area contributed by atoms with Crippen molar-refractivity contribution in [3.05, 3.63) is 93.3 Å². The van der Waals surface area contributed by atoms with Gasteiger partial charge >= 0.3 is 0 Å². The molecule has 0 aliphatic carbocycles. The number of anilines is 1. The Morgan fingerprint density at radius 2 is 1.74 bits per heavy atom. The van der Waals surface area contributed by atoms with Gasteiger partial charge in [-0.1, -0.05) is 54.2 Å². The van der Waals surface area contributed by atoms with Gasteiger partial charge in [-0.25, -0.2) is 9.98 Å². The fourth-order valence-corrected chi connectivity index (χ4v) is 7.45. The molecule has 0 saturated carbocycles. The summed E-state index contributed by atoms with van der Waals surface area (Å²) in [6.45, 7) is 5.40. The first-order valence-corrected chi connectivity index (χ1v) is 13.8. The number of carbonyl (C=O) groups is 1. The zero-order valence-electron chi connectivity index (χ0n) is 19.3. The van der Waals surface area contributed by atoms with Crippen molar-refractivity contribution < 1.29 is 4.79 Å². The van der Waals surface area contributed by atoms with Crippen molar-refractivity contribution in [2.24, 2.45) is 4.99 Å². The van der Waals surface area contributed by atoms with E-state index in [4.69, 9.17) is 4.99 Å². The van der Waals surface area contributed by atoms with Crippen molar-refractivity contribution in [3.63, 3.8) is 0 Å². The van der Waals surface area contributed by atoms with Crippen LogP contribution in [0.1, 0.15) is 17.5 Å². The second kappa shape index (κ2) is 9.18. The third-order valence-electron chi connectivity index (χ3n) is 5.87. The quantitative estimate of drug-likeness (QED) is 0.270. The third kappa shape index (κ3) is 4.16. The Balaban J connectivity index is 1.43. The molecule has 0 N–H and O–H groups in total. The highest BCUT2D eigenvalue weighted by Crippen LogP contribution is 2.50. The average molecular weight is 515 g/mol. The van der Waals surface area contributed by atoms with Crippen LogP contribution in [0.4, 0.5) is 11.4 Å². The van der Waals surface area contributed by atoms with Gasteiger partial charge in [0.15, 0.2) is 5.17 Å². The molecule has 6 rings (SSSR count). The van der Waals surface area contributed by atoms with Gasteiger partial charge in [-0.05, 0) is 61.5 Å². The number of amidine groups is 1. The summed E-state index contributed by atoms with van der Waals surface area (Å²) in [5.74, 6) is -0.00283. The number of hydrogen-bond donors (Lipinski definition) is 0. The monoisotopic (exact) mass is 514 g/mol. The standard InChI is InChI=1S/C27H22N4OS3/c1-3-30-21-11-7-8-12-23(21)34-26(30)24-25(32)31(16-18-9-5-4-6-10-18)27(35-24)29-19-13-14-22-20(15-19)28-17(2)33-22/h4-15H,3,16H2,1-2H3. The molecule has 2 aliphatic rings. The highest BCUT2D eigenvalue weighted by molar-refractivity contribution is 8.19. The Morgan fingerprint density at radius 1 is 0.943 bits per heavy atom. The molecule has 1 aromatic heterocycles. The van der Waals surface area contributed by atoms with Crippen molar-refractivity contribution in [1.82, 2.24) is 9.88 Å². The molecule has 1 fully saturated rings. The molecule has 0 radical (unpaired) electrons. The van der Waals surface area contributed by atoms with Crippen LogP contribution in [0.5, 0.6) is 0 Å². The molecule has 1 saturated heterocycles. The molecule has 0 atom stereocenters. The Morgan fingerprint density at radius 3 is 2.57 bits per heavy atom. The number of rotatable bonds is 4. The molecule has 35 heavy (non-hydrogen) atoms. The molecule has 0 unspecified atom stereocenters. The summed E-state index contributed by atoms with van der Waals surface area (Å²) >= 11 is 4.80. The number of fused-ring (bicyclic) bond motifs is 2. The summed E-state index contributed by atoms with van der Waals surface area (Å²) in [5, 5.41) is 2.71. The van der Waals surface area contributed by atoms with Gasteiger partial charge in [-0.3, -0.25) is 9.69 Å². The number of hydrogen-bond acceptors (Lipinski definition) is 7. The molecule has 2 aliphatic heterocycles. The lowest BCUT2D eigenvalue weighted by atomic mass is 10.2. The van der Waals surface area contributed by atoms with E-state index in [1.165, 1.54) is 16.7 Å². The first-order chi connectivity index (χ1) is 17.1. The van der Waals surface area contributed by atoms with Gasteiger partial charge in [0.1, 0.15) is 9.93 Å². The van der Waals surface area contributed by atoms with Crippen molar-refractivity contribution in [2.45, 2.75) is 25.3 Å². The van der Waals surface area contributed by atoms with Crippen molar-refractivity contribution in [1.29, 1.82) is 0 Å². The first-order valence-electron chi connectivity index (χ1n) is 11.4. The number of benzene rings is 3. The number of aliphatic imine (C=N–C) groups is 1. The van der Waals surface area contributed by atoms with E-state index >= 15 is 0 Å². The highest BCUT2D eigenvalue weighted by atomic mass is 32.2. The first kappa shape index (κ1) is 22.4. The van der Waals surface area contributed by atoms with E-state index in [1.54, 1.807) is 28.0 Å². The normalized spacial score (nSPS) is 18.8. The van der Waals surface area contributed by atoms with Gasteiger partial charge in [-0.15, -0.1) is 11.3 Å². The minimum atomic E-state index is -0.00283. The molecular weight excluding hydrogens is 493 g/mol. The van der Waals surface area contributed by atoms with E-state index in [2.05, 4.69) is 35.0 Å². The fourth-order valence-electron chi connectivity index (χ4n) is 4.25. The maximum Gasteiger partial charge on any atom is 0.269 e. The van der Waals surface area contributed by atoms with Gasteiger partial charge in [0, 0.05) is 11.4 Å². The summed E-state index contributed by atoms with van der Waals surface area (Å²) < 4.78 is 1.14. The van der Waals surface area contributed by atoms with Crippen LogP contribution in [0.2, 0.25) is 0 Å². The number of amides is 1. The fraction of sp³-hybridized carbons (Fsp3) is 0.148. The van der Waals surface area contributed by atoms with E-state index in [-0.39, 0.29) is 5.91 Å². The van der Waals surface area contributed by atoms with Crippen LogP contribution in [0.3, 0.4) is 0 Å². The van der Waals surface area contributed by atoms with Crippen molar-refractivity contribution in [3.8, 4) is 0 Å². The zero-order chi connectivity index (χ0) is 23.9. The lowest BCUT2D eigenvalue weighted by Gasteiger charge is -2.19. The smallest absolute Gasteiger partial charge is 0.269 e. The number of carbonyl (C=O) groups excluding carboxylic acids is 1. The Labute approximate surface area is 216 Å². The predicted molar refractivity (Wildman–Crippen MR) is 148 cm³/mol. The maximum atomic E-state index is 13.8. The highest BCUT2D eigenvalue weighted by Gasteiger charge is 2.39. The lowest BCUT2D eigenvalue weighted by molar-refractivity contribution is -0.122. The third-order valence-corrected chi connectivity index (χ3v) is 9.20. The molecule has 1 amide bonds.